The number of nitrogens with two attached hydrogens (primary N) is 1. The Kier molecular flexibility index (Phi) is 3.30. The molecule has 1 aliphatic carbocycles. The first-order valence-corrected chi connectivity index (χ1v) is 5.03. The van der Waals surface area contributed by atoms with E-state index in [2.05, 4.69) is 11.4 Å². The number of amides is 2. The number of nitrogens with one attached hydrogen (secondary N) is 1. The number of nitrogens with zero attached hydrogens (tertiary/aromatic N) is 1. The lowest BCUT2D eigenvalue weighted by atomic mass is 9.87. The average Bonchev–Trinajstić information content (AvgIpc) is 2.66. The lowest BCUT2D eigenvalue weighted by molar-refractivity contribution is -0.131. The molecule has 0 bridgehead atoms. The van der Waals surface area contributed by atoms with E-state index in [9.17, 15) is 9.59 Å². The van der Waals surface area contributed by atoms with Crippen LogP contribution in [-0.2, 0) is 9.59 Å². The molecule has 2 amide bonds. The van der Waals surface area contributed by atoms with E-state index in [1.165, 1.54) is 6.92 Å². The maximum Gasteiger partial charge on any atom is 0.241 e. The summed E-state index contributed by atoms with van der Waals surface area (Å²) in [6, 6.07) is 1.34. The molecule has 0 spiro atoms. The van der Waals surface area contributed by atoms with E-state index in [-0.39, 0.29) is 5.91 Å². The highest BCUT2D eigenvalue weighted by Gasteiger charge is 2.42. The molecule has 0 aromatic rings. The van der Waals surface area contributed by atoms with Gasteiger partial charge in [-0.3, -0.25) is 9.59 Å². The van der Waals surface area contributed by atoms with Gasteiger partial charge in [0.15, 0.2) is 0 Å². The number of carbonyl (C=O) groups excluding carboxylic acids is 2. The van der Waals surface area contributed by atoms with E-state index < -0.39 is 17.4 Å². The summed E-state index contributed by atoms with van der Waals surface area (Å²) in [5, 5.41) is 11.5. The molecule has 5 nitrogen and oxygen atoms in total. The Morgan fingerprint density at radius 2 is 2.00 bits per heavy atom. The molecular weight excluding hydrogens is 194 g/mol. The normalized spacial score (nSPS) is 20.3. The number of primary amides is 1. The van der Waals surface area contributed by atoms with Gasteiger partial charge < -0.3 is 11.1 Å². The van der Waals surface area contributed by atoms with Crippen LogP contribution in [0.2, 0.25) is 0 Å². The lowest BCUT2D eigenvalue weighted by Crippen LogP contribution is -2.47. The maximum absolute atomic E-state index is 11.8. The molecule has 1 unspecified atom stereocenters. The Bertz CT molecular complexity index is 313. The Hall–Kier alpha value is -1.57. The van der Waals surface area contributed by atoms with Crippen LogP contribution in [0.5, 0.6) is 0 Å². The molecule has 82 valence electrons. The third kappa shape index (κ3) is 2.27. The minimum absolute atomic E-state index is 0.367. The highest BCUT2D eigenvalue weighted by Crippen LogP contribution is 2.37. The average molecular weight is 209 g/mol. The minimum atomic E-state index is -0.941. The van der Waals surface area contributed by atoms with Crippen molar-refractivity contribution < 1.29 is 9.59 Å². The van der Waals surface area contributed by atoms with Crippen molar-refractivity contribution in [1.82, 2.24) is 5.32 Å². The van der Waals surface area contributed by atoms with Gasteiger partial charge >= 0.3 is 0 Å². The molecule has 1 aliphatic rings. The smallest absolute Gasteiger partial charge is 0.241 e. The van der Waals surface area contributed by atoms with Gasteiger partial charge in [-0.15, -0.1) is 0 Å². The van der Waals surface area contributed by atoms with Gasteiger partial charge in [0.05, 0.1) is 6.07 Å². The van der Waals surface area contributed by atoms with Crippen molar-refractivity contribution in [2.24, 2.45) is 11.1 Å². The summed E-state index contributed by atoms with van der Waals surface area (Å²) in [6.45, 7) is 1.51. The zero-order valence-corrected chi connectivity index (χ0v) is 8.75. The zero-order valence-electron chi connectivity index (χ0n) is 8.75. The van der Waals surface area contributed by atoms with Crippen LogP contribution in [0.15, 0.2) is 0 Å². The molecular formula is C10H15N3O2. The predicted octanol–water partition coefficient (Wildman–Crippen LogP) is 0.0604. The molecule has 0 radical (unpaired) electrons. The highest BCUT2D eigenvalue weighted by molar-refractivity contribution is 5.90. The quantitative estimate of drug-likeness (QED) is 0.687. The summed E-state index contributed by atoms with van der Waals surface area (Å²) < 4.78 is 0. The topological polar surface area (TPSA) is 96.0 Å². The van der Waals surface area contributed by atoms with E-state index in [0.717, 1.165) is 12.8 Å². The van der Waals surface area contributed by atoms with Crippen molar-refractivity contribution in [3.8, 4) is 6.07 Å². The first-order chi connectivity index (χ1) is 7.02. The van der Waals surface area contributed by atoms with Gasteiger partial charge in [0.2, 0.25) is 11.8 Å². The molecule has 5 heteroatoms. The second kappa shape index (κ2) is 4.30. The fraction of sp³-hybridized carbons (Fsp3) is 0.700. The summed E-state index contributed by atoms with van der Waals surface area (Å²) in [6.07, 6.45) is 2.90. The summed E-state index contributed by atoms with van der Waals surface area (Å²) in [4.78, 5) is 22.5. The molecule has 0 aromatic carbocycles. The van der Waals surface area contributed by atoms with E-state index in [0.29, 0.717) is 12.8 Å². The molecule has 1 rings (SSSR count). The maximum atomic E-state index is 11.8. The summed E-state index contributed by atoms with van der Waals surface area (Å²) in [5.74, 6) is -0.955. The number of carbonyl (C=O) groups is 2. The highest BCUT2D eigenvalue weighted by atomic mass is 16.2. The minimum Gasteiger partial charge on any atom is -0.368 e. The van der Waals surface area contributed by atoms with Gasteiger partial charge in [-0.1, -0.05) is 12.8 Å². The summed E-state index contributed by atoms with van der Waals surface area (Å²) >= 11 is 0. The van der Waals surface area contributed by atoms with Gasteiger partial charge in [-0.2, -0.15) is 5.26 Å². The standard InChI is InChI=1S/C10H15N3O2/c1-7(8(12)14)13-9(15)10(6-11)4-2-3-5-10/h7H,2-5H2,1H3,(H2,12,14)(H,13,15). The van der Waals surface area contributed by atoms with Crippen LogP contribution < -0.4 is 11.1 Å². The number of nitriles is 1. The first-order valence-electron chi connectivity index (χ1n) is 5.03. The summed E-state index contributed by atoms with van der Waals surface area (Å²) in [7, 11) is 0. The van der Waals surface area contributed by atoms with Crippen molar-refractivity contribution in [1.29, 1.82) is 5.26 Å². The molecule has 1 atom stereocenters. The van der Waals surface area contributed by atoms with E-state index in [4.69, 9.17) is 11.0 Å². The number of hydrogen-bond donors (Lipinski definition) is 2. The third-order valence-corrected chi connectivity index (χ3v) is 2.88. The van der Waals surface area contributed by atoms with Crippen LogP contribution in [0.3, 0.4) is 0 Å². The van der Waals surface area contributed by atoms with Crippen molar-refractivity contribution in [2.75, 3.05) is 0 Å². The molecule has 0 aliphatic heterocycles. The zero-order chi connectivity index (χ0) is 11.5. The molecule has 15 heavy (non-hydrogen) atoms. The summed E-state index contributed by atoms with van der Waals surface area (Å²) in [5.41, 5.74) is 4.09. The Labute approximate surface area is 88.6 Å². The Morgan fingerprint density at radius 1 is 1.47 bits per heavy atom. The fourth-order valence-corrected chi connectivity index (χ4v) is 1.77. The van der Waals surface area contributed by atoms with Gasteiger partial charge in [0, 0.05) is 0 Å². The van der Waals surface area contributed by atoms with Gasteiger partial charge in [0.25, 0.3) is 0 Å². The molecule has 3 N–H and O–H groups in total. The molecule has 1 saturated carbocycles. The van der Waals surface area contributed by atoms with Crippen molar-refractivity contribution in [2.45, 2.75) is 38.6 Å². The molecule has 0 aromatic heterocycles. The van der Waals surface area contributed by atoms with Crippen LogP contribution >= 0.6 is 0 Å². The molecule has 1 fully saturated rings. The largest absolute Gasteiger partial charge is 0.368 e. The lowest BCUT2D eigenvalue weighted by Gasteiger charge is -2.21. The van der Waals surface area contributed by atoms with Crippen molar-refractivity contribution in [3.63, 3.8) is 0 Å². The Morgan fingerprint density at radius 3 is 2.40 bits per heavy atom. The molecule has 0 saturated heterocycles. The first kappa shape index (κ1) is 11.5. The number of rotatable bonds is 3. The second-order valence-corrected chi connectivity index (χ2v) is 4.00. The van der Waals surface area contributed by atoms with Crippen LogP contribution in [0, 0.1) is 16.7 Å². The van der Waals surface area contributed by atoms with Crippen LogP contribution in [0.4, 0.5) is 0 Å². The number of hydrogen-bond acceptors (Lipinski definition) is 3. The van der Waals surface area contributed by atoms with Gasteiger partial charge in [0.1, 0.15) is 11.5 Å². The van der Waals surface area contributed by atoms with Crippen molar-refractivity contribution in [3.05, 3.63) is 0 Å². The molecule has 0 heterocycles. The van der Waals surface area contributed by atoms with Crippen LogP contribution in [0.1, 0.15) is 32.6 Å². The third-order valence-electron chi connectivity index (χ3n) is 2.88. The SMILES string of the molecule is CC(NC(=O)C1(C#N)CCCC1)C(N)=O. The van der Waals surface area contributed by atoms with E-state index in [1.807, 2.05) is 0 Å². The Balaban J connectivity index is 2.67. The van der Waals surface area contributed by atoms with Crippen molar-refractivity contribution >= 4 is 11.8 Å². The fourth-order valence-electron chi connectivity index (χ4n) is 1.77. The van der Waals surface area contributed by atoms with Gasteiger partial charge in [-0.05, 0) is 19.8 Å². The van der Waals surface area contributed by atoms with Crippen LogP contribution in [0.25, 0.3) is 0 Å². The monoisotopic (exact) mass is 209 g/mol. The predicted molar refractivity (Wildman–Crippen MR) is 53.3 cm³/mol. The van der Waals surface area contributed by atoms with Gasteiger partial charge in [-0.25, -0.2) is 0 Å². The van der Waals surface area contributed by atoms with E-state index in [1.54, 1.807) is 0 Å². The second-order valence-electron chi connectivity index (χ2n) is 4.00. The van der Waals surface area contributed by atoms with Crippen LogP contribution in [-0.4, -0.2) is 17.9 Å². The van der Waals surface area contributed by atoms with E-state index >= 15 is 0 Å².